The van der Waals surface area contributed by atoms with E-state index >= 15 is 0 Å². The van der Waals surface area contributed by atoms with Crippen LogP contribution in [0.1, 0.15) is 10.4 Å². The number of aromatic nitrogens is 2. The molecule has 0 aromatic carbocycles. The number of morpholine rings is 1. The normalized spacial score (nSPS) is 19.9. The maximum atomic E-state index is 12.0. The van der Waals surface area contributed by atoms with E-state index in [0.717, 1.165) is 13.1 Å². The minimum atomic E-state index is -0.0610. The Morgan fingerprint density at radius 1 is 1.65 bits per heavy atom. The van der Waals surface area contributed by atoms with Crippen LogP contribution in [0.2, 0.25) is 0 Å². The summed E-state index contributed by atoms with van der Waals surface area (Å²) in [4.78, 5) is 13.6. The van der Waals surface area contributed by atoms with Crippen LogP contribution in [0.3, 0.4) is 0 Å². The molecule has 0 radical (unpaired) electrons. The van der Waals surface area contributed by atoms with Gasteiger partial charge in [-0.2, -0.15) is 10.2 Å². The van der Waals surface area contributed by atoms with Crippen molar-refractivity contribution in [3.8, 4) is 0 Å². The van der Waals surface area contributed by atoms with Gasteiger partial charge in [0, 0.05) is 26.7 Å². The number of likely N-dealkylation sites (N-methyl/N-ethyl adjacent to an activating group) is 1. The third-order valence-corrected chi connectivity index (χ3v) is 2.66. The predicted molar refractivity (Wildman–Crippen MR) is 61.6 cm³/mol. The molecule has 2 heterocycles. The van der Waals surface area contributed by atoms with Gasteiger partial charge in [-0.05, 0) is 6.07 Å². The molecule has 1 unspecified atom stereocenters. The van der Waals surface area contributed by atoms with Crippen molar-refractivity contribution in [1.29, 1.82) is 0 Å². The Bertz CT molecular complexity index is 365. The first-order valence-corrected chi connectivity index (χ1v) is 5.62. The summed E-state index contributed by atoms with van der Waals surface area (Å²) in [6.07, 6.45) is 3.05. The second kappa shape index (κ2) is 5.70. The number of rotatable bonds is 3. The van der Waals surface area contributed by atoms with Gasteiger partial charge < -0.3 is 15.0 Å². The highest BCUT2D eigenvalue weighted by Crippen LogP contribution is 2.04. The monoisotopic (exact) mass is 236 g/mol. The van der Waals surface area contributed by atoms with E-state index in [4.69, 9.17) is 4.74 Å². The van der Waals surface area contributed by atoms with Crippen molar-refractivity contribution in [2.45, 2.75) is 6.10 Å². The molecule has 0 saturated carbocycles. The number of carbonyl (C=O) groups excluding carboxylic acids is 1. The van der Waals surface area contributed by atoms with E-state index in [1.54, 1.807) is 18.0 Å². The zero-order chi connectivity index (χ0) is 12.1. The third kappa shape index (κ3) is 3.21. The summed E-state index contributed by atoms with van der Waals surface area (Å²) in [5.74, 6) is -0.0610. The Balaban J connectivity index is 1.91. The van der Waals surface area contributed by atoms with Gasteiger partial charge in [0.2, 0.25) is 0 Å². The summed E-state index contributed by atoms with van der Waals surface area (Å²) >= 11 is 0. The van der Waals surface area contributed by atoms with E-state index < -0.39 is 0 Å². The minimum absolute atomic E-state index is 0.0610. The number of nitrogens with zero attached hydrogens (tertiary/aromatic N) is 3. The van der Waals surface area contributed by atoms with Crippen LogP contribution in [-0.2, 0) is 4.74 Å². The molecule has 92 valence electrons. The van der Waals surface area contributed by atoms with Crippen LogP contribution in [-0.4, -0.2) is 60.4 Å². The fourth-order valence-corrected chi connectivity index (χ4v) is 1.76. The highest BCUT2D eigenvalue weighted by molar-refractivity contribution is 5.93. The highest BCUT2D eigenvalue weighted by Gasteiger charge is 2.19. The lowest BCUT2D eigenvalue weighted by molar-refractivity contribution is 0.0103. The smallest absolute Gasteiger partial charge is 0.255 e. The van der Waals surface area contributed by atoms with Gasteiger partial charge in [0.15, 0.2) is 0 Å². The second-order valence-corrected chi connectivity index (χ2v) is 4.01. The van der Waals surface area contributed by atoms with Crippen molar-refractivity contribution in [3.05, 3.63) is 24.0 Å². The number of hydrogen-bond donors (Lipinski definition) is 1. The van der Waals surface area contributed by atoms with Crippen molar-refractivity contribution in [1.82, 2.24) is 20.4 Å². The average Bonchev–Trinajstić information content (AvgIpc) is 2.40. The molecule has 0 aliphatic carbocycles. The van der Waals surface area contributed by atoms with Gasteiger partial charge in [0.1, 0.15) is 0 Å². The van der Waals surface area contributed by atoms with E-state index in [9.17, 15) is 4.79 Å². The first kappa shape index (κ1) is 11.9. The minimum Gasteiger partial charge on any atom is -0.374 e. The molecule has 6 heteroatoms. The fourth-order valence-electron chi connectivity index (χ4n) is 1.76. The second-order valence-electron chi connectivity index (χ2n) is 4.01. The lowest BCUT2D eigenvalue weighted by Crippen LogP contribution is -2.45. The summed E-state index contributed by atoms with van der Waals surface area (Å²) < 4.78 is 5.55. The Morgan fingerprint density at radius 3 is 3.18 bits per heavy atom. The van der Waals surface area contributed by atoms with Crippen molar-refractivity contribution < 1.29 is 9.53 Å². The summed E-state index contributed by atoms with van der Waals surface area (Å²) in [5, 5.41) is 10.6. The van der Waals surface area contributed by atoms with Crippen LogP contribution in [0, 0.1) is 0 Å². The standard InChI is InChI=1S/C11H16N4O2/c1-15(8-10-7-12-4-5-17-10)11(16)9-2-3-13-14-6-9/h2-3,6,10,12H,4-5,7-8H2,1H3. The first-order valence-electron chi connectivity index (χ1n) is 5.62. The molecule has 1 aliphatic rings. The molecule has 1 aromatic heterocycles. The van der Waals surface area contributed by atoms with Crippen molar-refractivity contribution in [3.63, 3.8) is 0 Å². The zero-order valence-corrected chi connectivity index (χ0v) is 9.80. The van der Waals surface area contributed by atoms with Crippen molar-refractivity contribution >= 4 is 5.91 Å². The van der Waals surface area contributed by atoms with Gasteiger partial charge >= 0.3 is 0 Å². The molecule has 2 rings (SSSR count). The summed E-state index contributed by atoms with van der Waals surface area (Å²) in [6.45, 7) is 2.94. The van der Waals surface area contributed by atoms with E-state index in [2.05, 4.69) is 15.5 Å². The molecule has 1 amide bonds. The Kier molecular flexibility index (Phi) is 4.00. The molecule has 1 aliphatic heterocycles. The SMILES string of the molecule is CN(CC1CNCCO1)C(=O)c1ccnnc1. The number of carbonyl (C=O) groups is 1. The summed E-state index contributed by atoms with van der Waals surface area (Å²) in [7, 11) is 1.76. The fraction of sp³-hybridized carbons (Fsp3) is 0.545. The van der Waals surface area contributed by atoms with Crippen LogP contribution >= 0.6 is 0 Å². The van der Waals surface area contributed by atoms with Gasteiger partial charge in [-0.25, -0.2) is 0 Å². The Labute approximate surface area is 100.0 Å². The molecular weight excluding hydrogens is 220 g/mol. The average molecular weight is 236 g/mol. The first-order chi connectivity index (χ1) is 8.27. The molecule has 1 atom stereocenters. The molecule has 1 N–H and O–H groups in total. The Hall–Kier alpha value is -1.53. The quantitative estimate of drug-likeness (QED) is 0.769. The number of ether oxygens (including phenoxy) is 1. The molecule has 1 aromatic rings. The van der Waals surface area contributed by atoms with E-state index in [-0.39, 0.29) is 12.0 Å². The van der Waals surface area contributed by atoms with E-state index in [1.165, 1.54) is 12.4 Å². The van der Waals surface area contributed by atoms with Gasteiger partial charge in [-0.1, -0.05) is 0 Å². The molecule has 1 saturated heterocycles. The predicted octanol–water partition coefficient (Wildman–Crippen LogP) is -0.463. The molecule has 0 bridgehead atoms. The van der Waals surface area contributed by atoms with Crippen molar-refractivity contribution in [2.24, 2.45) is 0 Å². The van der Waals surface area contributed by atoms with E-state index in [0.29, 0.717) is 18.7 Å². The van der Waals surface area contributed by atoms with Gasteiger partial charge in [-0.3, -0.25) is 4.79 Å². The lowest BCUT2D eigenvalue weighted by Gasteiger charge is -2.28. The van der Waals surface area contributed by atoms with E-state index in [1.807, 2.05) is 0 Å². The molecule has 17 heavy (non-hydrogen) atoms. The number of nitrogens with one attached hydrogen (secondary N) is 1. The van der Waals surface area contributed by atoms with Crippen LogP contribution in [0.4, 0.5) is 0 Å². The van der Waals surface area contributed by atoms with Gasteiger partial charge in [-0.15, -0.1) is 0 Å². The maximum Gasteiger partial charge on any atom is 0.255 e. The van der Waals surface area contributed by atoms with Crippen LogP contribution in [0.25, 0.3) is 0 Å². The topological polar surface area (TPSA) is 67.3 Å². The van der Waals surface area contributed by atoms with Gasteiger partial charge in [0.25, 0.3) is 5.91 Å². The summed E-state index contributed by atoms with van der Waals surface area (Å²) in [5.41, 5.74) is 0.547. The van der Waals surface area contributed by atoms with Crippen LogP contribution in [0.5, 0.6) is 0 Å². The molecular formula is C11H16N4O2. The maximum absolute atomic E-state index is 12.0. The largest absolute Gasteiger partial charge is 0.374 e. The van der Waals surface area contributed by atoms with Crippen LogP contribution < -0.4 is 5.32 Å². The lowest BCUT2D eigenvalue weighted by atomic mass is 10.2. The third-order valence-electron chi connectivity index (χ3n) is 2.66. The molecule has 6 nitrogen and oxygen atoms in total. The zero-order valence-electron chi connectivity index (χ0n) is 9.80. The van der Waals surface area contributed by atoms with Crippen molar-refractivity contribution in [2.75, 3.05) is 33.3 Å². The van der Waals surface area contributed by atoms with Gasteiger partial charge in [0.05, 0.1) is 30.7 Å². The highest BCUT2D eigenvalue weighted by atomic mass is 16.5. The number of hydrogen-bond acceptors (Lipinski definition) is 5. The number of amides is 1. The summed E-state index contributed by atoms with van der Waals surface area (Å²) in [6, 6.07) is 1.66. The molecule has 1 fully saturated rings. The molecule has 0 spiro atoms. The van der Waals surface area contributed by atoms with Crippen LogP contribution in [0.15, 0.2) is 18.5 Å². The Morgan fingerprint density at radius 2 is 2.53 bits per heavy atom.